The lowest BCUT2D eigenvalue weighted by atomic mass is 9.88. The number of hydrogen-bond donors (Lipinski definition) is 1. The van der Waals surface area contributed by atoms with E-state index in [1.165, 1.54) is 90.3 Å². The topological polar surface area (TPSA) is 15.3 Å². The Morgan fingerprint density at radius 3 is 2.38 bits per heavy atom. The highest BCUT2D eigenvalue weighted by atomic mass is 15.2. The summed E-state index contributed by atoms with van der Waals surface area (Å²) >= 11 is 0. The van der Waals surface area contributed by atoms with Crippen molar-refractivity contribution in [1.82, 2.24) is 10.2 Å². The minimum atomic E-state index is 0.764. The van der Waals surface area contributed by atoms with Crippen LogP contribution in [-0.2, 0) is 0 Å². The van der Waals surface area contributed by atoms with E-state index >= 15 is 0 Å². The molecule has 2 rings (SSSR count). The zero-order valence-corrected chi connectivity index (χ0v) is 14.6. The van der Waals surface area contributed by atoms with Gasteiger partial charge in [-0.15, -0.1) is 0 Å². The maximum Gasteiger partial charge on any atom is 0.0200 e. The van der Waals surface area contributed by atoms with Gasteiger partial charge in [0.2, 0.25) is 0 Å². The van der Waals surface area contributed by atoms with Crippen LogP contribution >= 0.6 is 0 Å². The van der Waals surface area contributed by atoms with E-state index in [-0.39, 0.29) is 0 Å². The molecule has 21 heavy (non-hydrogen) atoms. The Kier molecular flexibility index (Phi) is 8.10. The summed E-state index contributed by atoms with van der Waals surface area (Å²) < 4.78 is 0. The number of piperidine rings is 1. The molecule has 1 N–H and O–H groups in total. The van der Waals surface area contributed by atoms with E-state index in [0.717, 1.165) is 18.0 Å². The summed E-state index contributed by atoms with van der Waals surface area (Å²) in [6, 6.07) is 1.59. The molecule has 0 amide bonds. The highest BCUT2D eigenvalue weighted by Crippen LogP contribution is 2.25. The molecule has 1 aliphatic heterocycles. The van der Waals surface area contributed by atoms with E-state index in [2.05, 4.69) is 24.1 Å². The fourth-order valence-electron chi connectivity index (χ4n) is 4.29. The van der Waals surface area contributed by atoms with Crippen molar-refractivity contribution in [2.75, 3.05) is 19.6 Å². The van der Waals surface area contributed by atoms with Crippen LogP contribution in [0.25, 0.3) is 0 Å². The molecule has 0 aromatic carbocycles. The van der Waals surface area contributed by atoms with Gasteiger partial charge in [0.05, 0.1) is 0 Å². The van der Waals surface area contributed by atoms with Crippen LogP contribution in [0.5, 0.6) is 0 Å². The van der Waals surface area contributed by atoms with Crippen molar-refractivity contribution in [1.29, 1.82) is 0 Å². The lowest BCUT2D eigenvalue weighted by Gasteiger charge is -2.40. The highest BCUT2D eigenvalue weighted by molar-refractivity contribution is 4.86. The number of nitrogens with zero attached hydrogens (tertiary/aromatic N) is 1. The second kappa shape index (κ2) is 9.84. The van der Waals surface area contributed by atoms with Crippen LogP contribution in [0.4, 0.5) is 0 Å². The molecule has 2 aliphatic rings. The van der Waals surface area contributed by atoms with Crippen molar-refractivity contribution in [3.63, 3.8) is 0 Å². The molecule has 0 spiro atoms. The van der Waals surface area contributed by atoms with Gasteiger partial charge in [-0.2, -0.15) is 0 Å². The second-order valence-electron chi connectivity index (χ2n) is 7.56. The van der Waals surface area contributed by atoms with Gasteiger partial charge >= 0.3 is 0 Å². The molecule has 124 valence electrons. The predicted molar refractivity (Wildman–Crippen MR) is 92.8 cm³/mol. The molecule has 2 fully saturated rings. The molecule has 2 heteroatoms. The summed E-state index contributed by atoms with van der Waals surface area (Å²) in [7, 11) is 0. The Morgan fingerprint density at radius 1 is 0.905 bits per heavy atom. The third kappa shape index (κ3) is 6.28. The van der Waals surface area contributed by atoms with E-state index in [0.29, 0.717) is 0 Å². The highest BCUT2D eigenvalue weighted by Gasteiger charge is 2.28. The zero-order valence-electron chi connectivity index (χ0n) is 14.6. The van der Waals surface area contributed by atoms with Crippen LogP contribution in [0.2, 0.25) is 0 Å². The molecule has 2 nitrogen and oxygen atoms in total. The van der Waals surface area contributed by atoms with Crippen molar-refractivity contribution in [3.05, 3.63) is 0 Å². The van der Waals surface area contributed by atoms with E-state index in [9.17, 15) is 0 Å². The first-order valence-corrected chi connectivity index (χ1v) is 9.80. The Bertz CT molecular complexity index is 244. The maximum absolute atomic E-state index is 4.03. The maximum atomic E-state index is 4.03. The molecular weight excluding hydrogens is 256 g/mol. The van der Waals surface area contributed by atoms with Gasteiger partial charge in [-0.1, -0.05) is 52.4 Å². The second-order valence-corrected chi connectivity index (χ2v) is 7.56. The Labute approximate surface area is 133 Å². The number of hydrogen-bond acceptors (Lipinski definition) is 2. The van der Waals surface area contributed by atoms with Gasteiger partial charge in [-0.05, 0) is 44.6 Å². The van der Waals surface area contributed by atoms with Crippen molar-refractivity contribution in [3.8, 4) is 0 Å². The first-order chi connectivity index (χ1) is 10.3. The average molecular weight is 295 g/mol. The minimum Gasteiger partial charge on any atom is -0.310 e. The fourth-order valence-corrected chi connectivity index (χ4v) is 4.29. The third-order valence-electron chi connectivity index (χ3n) is 5.48. The summed E-state index contributed by atoms with van der Waals surface area (Å²) in [5.74, 6) is 0.941. The normalized spacial score (nSPS) is 28.9. The summed E-state index contributed by atoms with van der Waals surface area (Å²) in [5.41, 5.74) is 0. The average Bonchev–Trinajstić information content (AvgIpc) is 2.52. The SMILES string of the molecule is CCCCC1CC(NC2CCCCC2)CN(CCCC)C1. The van der Waals surface area contributed by atoms with Crippen molar-refractivity contribution in [2.45, 2.75) is 96.6 Å². The van der Waals surface area contributed by atoms with E-state index < -0.39 is 0 Å². The largest absolute Gasteiger partial charge is 0.310 e. The Hall–Kier alpha value is -0.0800. The van der Waals surface area contributed by atoms with Crippen molar-refractivity contribution < 1.29 is 0 Å². The predicted octanol–water partition coefficient (Wildman–Crippen LogP) is 4.59. The van der Waals surface area contributed by atoms with Crippen LogP contribution in [0.15, 0.2) is 0 Å². The van der Waals surface area contributed by atoms with Gasteiger partial charge in [0.25, 0.3) is 0 Å². The van der Waals surface area contributed by atoms with Crippen molar-refractivity contribution in [2.24, 2.45) is 5.92 Å². The quantitative estimate of drug-likeness (QED) is 0.704. The lowest BCUT2D eigenvalue weighted by Crippen LogP contribution is -2.52. The smallest absolute Gasteiger partial charge is 0.0200 e. The standard InChI is InChI=1S/C19H38N2/c1-3-5-10-17-14-19(16-21(15-17)13-6-4-2)20-18-11-8-7-9-12-18/h17-20H,3-16H2,1-2H3. The first-order valence-electron chi connectivity index (χ1n) is 9.80. The fraction of sp³-hybridized carbons (Fsp3) is 1.00. The molecule has 2 atom stereocenters. The molecule has 2 unspecified atom stereocenters. The van der Waals surface area contributed by atoms with Gasteiger partial charge < -0.3 is 10.2 Å². The molecular formula is C19H38N2. The molecule has 1 aliphatic carbocycles. The van der Waals surface area contributed by atoms with Gasteiger partial charge in [0.15, 0.2) is 0 Å². The zero-order chi connectivity index (χ0) is 14.9. The van der Waals surface area contributed by atoms with Crippen molar-refractivity contribution >= 4 is 0 Å². The summed E-state index contributed by atoms with van der Waals surface area (Å²) in [5, 5.41) is 4.03. The Balaban J connectivity index is 1.81. The molecule has 1 saturated heterocycles. The minimum absolute atomic E-state index is 0.764. The molecule has 1 saturated carbocycles. The third-order valence-corrected chi connectivity index (χ3v) is 5.48. The van der Waals surface area contributed by atoms with Crippen LogP contribution in [0, 0.1) is 5.92 Å². The van der Waals surface area contributed by atoms with Gasteiger partial charge in [-0.3, -0.25) is 0 Å². The Morgan fingerprint density at radius 2 is 1.67 bits per heavy atom. The van der Waals surface area contributed by atoms with Gasteiger partial charge in [0.1, 0.15) is 0 Å². The number of rotatable bonds is 8. The van der Waals surface area contributed by atoms with E-state index in [1.54, 1.807) is 0 Å². The monoisotopic (exact) mass is 294 g/mol. The van der Waals surface area contributed by atoms with Gasteiger partial charge in [0, 0.05) is 25.2 Å². The summed E-state index contributed by atoms with van der Waals surface area (Å²) in [4.78, 5) is 2.76. The lowest BCUT2D eigenvalue weighted by molar-refractivity contribution is 0.123. The summed E-state index contributed by atoms with van der Waals surface area (Å²) in [6.45, 7) is 8.63. The van der Waals surface area contributed by atoms with E-state index in [1.807, 2.05) is 0 Å². The number of likely N-dealkylation sites (tertiary alicyclic amines) is 1. The molecule has 0 bridgehead atoms. The number of nitrogens with one attached hydrogen (secondary N) is 1. The van der Waals surface area contributed by atoms with Crippen LogP contribution in [0.1, 0.15) is 84.5 Å². The van der Waals surface area contributed by atoms with Crippen LogP contribution in [-0.4, -0.2) is 36.6 Å². The number of unbranched alkanes of at least 4 members (excludes halogenated alkanes) is 2. The van der Waals surface area contributed by atoms with Gasteiger partial charge in [-0.25, -0.2) is 0 Å². The van der Waals surface area contributed by atoms with E-state index in [4.69, 9.17) is 0 Å². The van der Waals surface area contributed by atoms with Crippen LogP contribution < -0.4 is 5.32 Å². The molecule has 1 heterocycles. The molecule has 0 radical (unpaired) electrons. The molecule has 0 aromatic heterocycles. The molecule has 0 aromatic rings. The summed E-state index contributed by atoms with van der Waals surface area (Å²) in [6.07, 6.45) is 15.6. The first kappa shape index (κ1) is 17.3. The van der Waals surface area contributed by atoms with Crippen LogP contribution in [0.3, 0.4) is 0 Å².